The smallest absolute Gasteiger partial charge is 0.280 e. The van der Waals surface area contributed by atoms with Gasteiger partial charge in [0.25, 0.3) is 5.91 Å². The molecule has 0 unspecified atom stereocenters. The van der Waals surface area contributed by atoms with E-state index >= 15 is 0 Å². The van der Waals surface area contributed by atoms with Crippen molar-refractivity contribution in [3.05, 3.63) is 63.2 Å². The number of halogens is 1. The standard InChI is InChI=1S/C18H15IN2O2/c1-12-15(10-13-8-9-17(23-2)16(19)11-13)18(22)21(20-12)14-6-4-3-5-7-14/h3-11H,1-2H3/b15-10+. The average molecular weight is 418 g/mol. The second-order valence-electron chi connectivity index (χ2n) is 5.09. The largest absolute Gasteiger partial charge is 0.496 e. The van der Waals surface area contributed by atoms with Crippen molar-refractivity contribution < 1.29 is 9.53 Å². The lowest BCUT2D eigenvalue weighted by Crippen LogP contribution is -2.21. The van der Waals surface area contributed by atoms with Crippen molar-refractivity contribution in [2.24, 2.45) is 5.10 Å². The second kappa shape index (κ2) is 6.54. The predicted octanol–water partition coefficient (Wildman–Crippen LogP) is 4.11. The molecule has 0 aliphatic carbocycles. The van der Waals surface area contributed by atoms with E-state index in [9.17, 15) is 4.79 Å². The summed E-state index contributed by atoms with van der Waals surface area (Å²) in [5.74, 6) is 0.710. The van der Waals surface area contributed by atoms with E-state index in [-0.39, 0.29) is 5.91 Å². The number of hydrogen-bond donors (Lipinski definition) is 0. The minimum Gasteiger partial charge on any atom is -0.496 e. The fraction of sp³-hybridized carbons (Fsp3) is 0.111. The highest BCUT2D eigenvalue weighted by atomic mass is 127. The van der Waals surface area contributed by atoms with Gasteiger partial charge in [-0.05, 0) is 65.4 Å². The Labute approximate surface area is 148 Å². The van der Waals surface area contributed by atoms with Crippen molar-refractivity contribution in [3.8, 4) is 5.75 Å². The molecule has 2 aromatic rings. The minimum atomic E-state index is -0.112. The lowest BCUT2D eigenvalue weighted by molar-refractivity contribution is -0.114. The molecule has 0 radical (unpaired) electrons. The number of carbonyl (C=O) groups is 1. The summed E-state index contributed by atoms with van der Waals surface area (Å²) in [6.45, 7) is 1.85. The second-order valence-corrected chi connectivity index (χ2v) is 6.25. The molecular weight excluding hydrogens is 403 g/mol. The number of rotatable bonds is 3. The van der Waals surface area contributed by atoms with Gasteiger partial charge in [-0.25, -0.2) is 0 Å². The number of hydrogen-bond acceptors (Lipinski definition) is 3. The molecule has 0 saturated heterocycles. The molecule has 1 aliphatic heterocycles. The summed E-state index contributed by atoms with van der Waals surface area (Å²) in [5, 5.41) is 5.82. The van der Waals surface area contributed by atoms with Gasteiger partial charge in [0.2, 0.25) is 0 Å². The molecular formula is C18H15IN2O2. The van der Waals surface area contributed by atoms with Gasteiger partial charge in [-0.3, -0.25) is 4.79 Å². The summed E-state index contributed by atoms with van der Waals surface area (Å²) in [6, 6.07) is 15.2. The molecule has 0 spiro atoms. The van der Waals surface area contributed by atoms with Crippen molar-refractivity contribution >= 4 is 46.0 Å². The first-order valence-corrected chi connectivity index (χ1v) is 8.18. The maximum absolute atomic E-state index is 12.6. The molecule has 23 heavy (non-hydrogen) atoms. The third-order valence-electron chi connectivity index (χ3n) is 3.55. The van der Waals surface area contributed by atoms with Crippen molar-refractivity contribution in [2.45, 2.75) is 6.92 Å². The maximum Gasteiger partial charge on any atom is 0.280 e. The first kappa shape index (κ1) is 15.7. The van der Waals surface area contributed by atoms with Crippen LogP contribution in [-0.4, -0.2) is 18.7 Å². The fourth-order valence-corrected chi connectivity index (χ4v) is 3.13. The van der Waals surface area contributed by atoms with E-state index in [2.05, 4.69) is 27.7 Å². The summed E-state index contributed by atoms with van der Waals surface area (Å²) >= 11 is 2.22. The van der Waals surface area contributed by atoms with Gasteiger partial charge in [-0.2, -0.15) is 10.1 Å². The van der Waals surface area contributed by atoms with Crippen LogP contribution in [0.1, 0.15) is 12.5 Å². The zero-order valence-corrected chi connectivity index (χ0v) is 14.9. The van der Waals surface area contributed by atoms with Gasteiger partial charge in [-0.15, -0.1) is 0 Å². The van der Waals surface area contributed by atoms with Crippen LogP contribution in [0.25, 0.3) is 6.08 Å². The van der Waals surface area contributed by atoms with Gasteiger partial charge in [0.15, 0.2) is 0 Å². The van der Waals surface area contributed by atoms with Crippen LogP contribution in [-0.2, 0) is 4.79 Å². The summed E-state index contributed by atoms with van der Waals surface area (Å²) in [7, 11) is 1.64. The quantitative estimate of drug-likeness (QED) is 0.557. The number of anilines is 1. The first-order chi connectivity index (χ1) is 11.1. The average Bonchev–Trinajstić information content (AvgIpc) is 2.84. The van der Waals surface area contributed by atoms with Gasteiger partial charge >= 0.3 is 0 Å². The molecule has 0 bridgehead atoms. The van der Waals surface area contributed by atoms with Crippen molar-refractivity contribution in [1.29, 1.82) is 0 Å². The molecule has 0 aromatic heterocycles. The fourth-order valence-electron chi connectivity index (χ4n) is 2.37. The number of amides is 1. The van der Waals surface area contributed by atoms with Crippen LogP contribution in [0.15, 0.2) is 59.2 Å². The number of methoxy groups -OCH3 is 1. The topological polar surface area (TPSA) is 41.9 Å². The Morgan fingerprint density at radius 2 is 1.91 bits per heavy atom. The molecule has 116 valence electrons. The van der Waals surface area contributed by atoms with Crippen LogP contribution in [0.2, 0.25) is 0 Å². The highest BCUT2D eigenvalue weighted by molar-refractivity contribution is 14.1. The van der Waals surface area contributed by atoms with E-state index in [1.165, 1.54) is 5.01 Å². The lowest BCUT2D eigenvalue weighted by Gasteiger charge is -2.11. The van der Waals surface area contributed by atoms with Gasteiger partial charge in [0, 0.05) is 0 Å². The number of nitrogens with zero attached hydrogens (tertiary/aromatic N) is 2. The Kier molecular flexibility index (Phi) is 4.47. The first-order valence-electron chi connectivity index (χ1n) is 7.10. The Hall–Kier alpha value is -2.15. The zero-order chi connectivity index (χ0) is 16.4. The number of hydrazone groups is 1. The Balaban J connectivity index is 1.94. The van der Waals surface area contributed by atoms with Gasteiger partial charge in [0.05, 0.1) is 27.7 Å². The molecule has 1 aliphatic rings. The monoisotopic (exact) mass is 418 g/mol. The van der Waals surface area contributed by atoms with Crippen LogP contribution in [0.3, 0.4) is 0 Å². The van der Waals surface area contributed by atoms with E-state index in [4.69, 9.17) is 4.74 Å². The third-order valence-corrected chi connectivity index (χ3v) is 4.39. The van der Waals surface area contributed by atoms with Crippen LogP contribution in [0, 0.1) is 3.57 Å². The van der Waals surface area contributed by atoms with Gasteiger partial charge < -0.3 is 4.74 Å². The third kappa shape index (κ3) is 3.14. The van der Waals surface area contributed by atoms with E-state index in [1.54, 1.807) is 7.11 Å². The zero-order valence-electron chi connectivity index (χ0n) is 12.8. The van der Waals surface area contributed by atoms with E-state index in [0.29, 0.717) is 11.3 Å². The van der Waals surface area contributed by atoms with Crippen LogP contribution in [0.5, 0.6) is 5.75 Å². The molecule has 4 nitrogen and oxygen atoms in total. The number of benzene rings is 2. The van der Waals surface area contributed by atoms with Crippen LogP contribution in [0.4, 0.5) is 5.69 Å². The van der Waals surface area contributed by atoms with E-state index in [0.717, 1.165) is 20.6 Å². The number of carbonyl (C=O) groups excluding carboxylic acids is 1. The van der Waals surface area contributed by atoms with Crippen LogP contribution >= 0.6 is 22.6 Å². The normalized spacial score (nSPS) is 16.0. The van der Waals surface area contributed by atoms with Gasteiger partial charge in [0.1, 0.15) is 5.75 Å². The molecule has 0 saturated carbocycles. The van der Waals surface area contributed by atoms with E-state index in [1.807, 2.05) is 61.5 Å². The lowest BCUT2D eigenvalue weighted by atomic mass is 10.1. The molecule has 3 rings (SSSR count). The molecule has 0 atom stereocenters. The Morgan fingerprint density at radius 1 is 1.17 bits per heavy atom. The molecule has 1 amide bonds. The van der Waals surface area contributed by atoms with Crippen molar-refractivity contribution in [3.63, 3.8) is 0 Å². The van der Waals surface area contributed by atoms with E-state index < -0.39 is 0 Å². The highest BCUT2D eigenvalue weighted by Gasteiger charge is 2.28. The molecule has 0 N–H and O–H groups in total. The SMILES string of the molecule is COc1ccc(/C=C2/C(=O)N(c3ccccc3)N=C2C)cc1I. The molecule has 2 aromatic carbocycles. The summed E-state index contributed by atoms with van der Waals surface area (Å²) in [6.07, 6.45) is 1.87. The number of para-hydroxylation sites is 1. The number of ether oxygens (including phenoxy) is 1. The highest BCUT2D eigenvalue weighted by Crippen LogP contribution is 2.27. The molecule has 5 heteroatoms. The van der Waals surface area contributed by atoms with Crippen LogP contribution < -0.4 is 9.75 Å². The summed E-state index contributed by atoms with van der Waals surface area (Å²) in [4.78, 5) is 12.6. The Bertz CT molecular complexity index is 813. The minimum absolute atomic E-state index is 0.112. The van der Waals surface area contributed by atoms with Crippen molar-refractivity contribution in [2.75, 3.05) is 12.1 Å². The molecule has 0 fully saturated rings. The predicted molar refractivity (Wildman–Crippen MR) is 101 cm³/mol. The molecule has 1 heterocycles. The van der Waals surface area contributed by atoms with Crippen molar-refractivity contribution in [1.82, 2.24) is 0 Å². The summed E-state index contributed by atoms with van der Waals surface area (Å²) in [5.41, 5.74) is 3.03. The summed E-state index contributed by atoms with van der Waals surface area (Å²) < 4.78 is 6.26. The maximum atomic E-state index is 12.6. The Morgan fingerprint density at radius 3 is 2.57 bits per heavy atom. The van der Waals surface area contributed by atoms with Gasteiger partial charge in [-0.1, -0.05) is 24.3 Å².